The zero-order valence-corrected chi connectivity index (χ0v) is 28.1. The second-order valence-electron chi connectivity index (χ2n) is 13.8. The van der Waals surface area contributed by atoms with Gasteiger partial charge in [-0.2, -0.15) is 0 Å². The van der Waals surface area contributed by atoms with Crippen molar-refractivity contribution in [2.45, 2.75) is 131 Å². The topological polar surface area (TPSA) is 0 Å². The Morgan fingerprint density at radius 2 is 0.742 bits per heavy atom. The van der Waals surface area contributed by atoms with E-state index in [1.807, 2.05) is 0 Å². The van der Waals surface area contributed by atoms with Crippen LogP contribution in [-0.4, -0.2) is 32.9 Å². The van der Waals surface area contributed by atoms with Crippen LogP contribution in [0.25, 0.3) is 0 Å². The van der Waals surface area contributed by atoms with E-state index in [0.29, 0.717) is 0 Å². The van der Waals surface area contributed by atoms with E-state index in [0.717, 1.165) is 12.3 Å². The van der Waals surface area contributed by atoms with Crippen LogP contribution < -0.4 is 0 Å². The fourth-order valence-electron chi connectivity index (χ4n) is 5.74. The molecule has 0 aromatic carbocycles. The van der Waals surface area contributed by atoms with Gasteiger partial charge in [0.2, 0.25) is 0 Å². The number of halogens is 2. The maximum atomic E-state index is 8.21. The van der Waals surface area contributed by atoms with E-state index in [4.69, 9.17) is 20.4 Å². The van der Waals surface area contributed by atoms with Crippen molar-refractivity contribution < 1.29 is 9.74 Å². The normalized spacial score (nSPS) is 16.6. The van der Waals surface area contributed by atoms with Gasteiger partial charge >= 0.3 is 209 Å². The summed E-state index contributed by atoms with van der Waals surface area (Å²) in [5, 5.41) is 0.335. The van der Waals surface area contributed by atoms with Crippen LogP contribution in [0.4, 0.5) is 0 Å². The monoisotopic (exact) mass is 558 g/mol. The number of hydrogen-bond acceptors (Lipinski definition) is 0. The van der Waals surface area contributed by atoms with E-state index in [2.05, 4.69) is 123 Å². The molecule has 5 heteroatoms. The molecule has 0 unspecified atom stereocenters. The molecule has 0 aliphatic heterocycles. The fraction of sp³-hybridized carbons (Fsp3) is 0.846. The van der Waals surface area contributed by atoms with Gasteiger partial charge in [-0.3, -0.25) is 0 Å². The van der Waals surface area contributed by atoms with Crippen LogP contribution in [0, 0.1) is 0 Å². The molecule has 0 N–H and O–H groups in total. The first-order valence-corrected chi connectivity index (χ1v) is 21.4. The molecule has 0 saturated heterocycles. The fourth-order valence-corrected chi connectivity index (χ4v) is 71.8. The summed E-state index contributed by atoms with van der Waals surface area (Å²) >= 11 is 0. The summed E-state index contributed by atoms with van der Waals surface area (Å²) in [7, 11) is 14.3. The summed E-state index contributed by atoms with van der Waals surface area (Å²) in [5.41, 5.74) is 2.75. The zero-order chi connectivity index (χ0) is 25.5. The molecule has 0 amide bonds. The van der Waals surface area contributed by atoms with Crippen LogP contribution in [0.3, 0.4) is 0 Å². The summed E-state index contributed by atoms with van der Waals surface area (Å²) < 4.78 is 0. The van der Waals surface area contributed by atoms with Crippen molar-refractivity contribution in [1.82, 2.24) is 0 Å². The quantitative estimate of drug-likeness (QED) is 0.172. The third-order valence-electron chi connectivity index (χ3n) is 6.81. The molecule has 0 bridgehead atoms. The van der Waals surface area contributed by atoms with Crippen molar-refractivity contribution in [1.29, 1.82) is 0 Å². The van der Waals surface area contributed by atoms with Gasteiger partial charge in [0.05, 0.1) is 0 Å². The van der Waals surface area contributed by atoms with Gasteiger partial charge in [0.15, 0.2) is 0 Å². The Morgan fingerprint density at radius 1 is 0.548 bits per heavy atom. The third-order valence-corrected chi connectivity index (χ3v) is 52.0. The predicted molar refractivity (Wildman–Crippen MR) is 156 cm³/mol. The molecule has 0 nitrogen and oxygen atoms in total. The second kappa shape index (κ2) is 10.2. The van der Waals surface area contributed by atoms with Gasteiger partial charge in [0.25, 0.3) is 0 Å². The summed E-state index contributed by atoms with van der Waals surface area (Å²) in [5.74, 6) is 0. The Morgan fingerprint density at radius 3 is 0.871 bits per heavy atom. The Labute approximate surface area is 208 Å². The third kappa shape index (κ3) is 5.98. The molecule has 0 aliphatic carbocycles. The molecule has 0 radical (unpaired) electrons. The molecule has 0 saturated carbocycles. The molecule has 0 rings (SSSR count). The van der Waals surface area contributed by atoms with Crippen LogP contribution in [0.1, 0.15) is 111 Å². The van der Waals surface area contributed by atoms with E-state index in [1.54, 1.807) is 0 Å². The molecule has 0 atom stereocenters. The van der Waals surface area contributed by atoms with Gasteiger partial charge in [-0.15, -0.1) is 0 Å². The van der Waals surface area contributed by atoms with Crippen LogP contribution in [-0.2, 0) is 9.74 Å². The molecule has 0 heterocycles. The van der Waals surface area contributed by atoms with Crippen molar-refractivity contribution in [3.8, 4) is 0 Å². The minimum absolute atomic E-state index is 0.0838. The van der Waals surface area contributed by atoms with E-state index < -0.39 is 21.8 Å². The average Bonchev–Trinajstić information content (AvgIpc) is 2.40. The maximum absolute atomic E-state index is 8.21. The molecule has 0 aromatic rings. The summed E-state index contributed by atoms with van der Waals surface area (Å²) in [6.07, 6.45) is 7.04. The zero-order valence-electron chi connectivity index (χ0n) is 23.6. The molecule has 0 aliphatic rings. The number of hydrogen-bond donors (Lipinski definition) is 0. The first-order chi connectivity index (χ1) is 13.3. The Bertz CT molecular complexity index is 584. The van der Waals surface area contributed by atoms with Crippen LogP contribution >= 0.6 is 32.5 Å². The molecule has 0 fully saturated rings. The summed E-state index contributed by atoms with van der Waals surface area (Å²) in [4.78, 5) is 0. The van der Waals surface area contributed by atoms with Gasteiger partial charge < -0.3 is 0 Å². The molecule has 31 heavy (non-hydrogen) atoms. The Balaban J connectivity index is 7.85. The first-order valence-electron chi connectivity index (χ1n) is 11.7. The van der Waals surface area contributed by atoms with Gasteiger partial charge in [-0.1, -0.05) is 0 Å². The van der Waals surface area contributed by atoms with E-state index >= 15 is 0 Å². The van der Waals surface area contributed by atoms with Crippen LogP contribution in [0.15, 0.2) is 23.3 Å². The first kappa shape index (κ1) is 32.4. The number of rotatable bonds is 6. The van der Waals surface area contributed by atoms with Crippen molar-refractivity contribution in [3.63, 3.8) is 0 Å². The second-order valence-corrected chi connectivity index (χ2v) is 41.8. The minimum atomic E-state index is -2.34. The van der Waals surface area contributed by atoms with E-state index in [1.165, 1.54) is 11.1 Å². The number of allylic oxidation sites excluding steroid dienone is 4. The predicted octanol–water partition coefficient (Wildman–Crippen LogP) is 10.9. The van der Waals surface area contributed by atoms with Gasteiger partial charge in [-0.25, -0.2) is 0 Å². The molecule has 0 spiro atoms. The molecule has 194 valence electrons. The Kier molecular flexibility index (Phi) is 10.6. The summed E-state index contributed by atoms with van der Waals surface area (Å²) in [6, 6.07) is -4.67. The van der Waals surface area contributed by atoms with Gasteiger partial charge in [0, 0.05) is 0 Å². The molecular formula is C26H56Cl2NiP2. The molecular weight excluding hydrogens is 504 g/mol. The van der Waals surface area contributed by atoms with E-state index in [9.17, 15) is 0 Å². The van der Waals surface area contributed by atoms with Crippen LogP contribution in [0.5, 0.6) is 0 Å². The van der Waals surface area contributed by atoms with Crippen molar-refractivity contribution in [3.05, 3.63) is 23.3 Å². The van der Waals surface area contributed by atoms with Gasteiger partial charge in [-0.05, 0) is 0 Å². The summed E-state index contributed by atoms with van der Waals surface area (Å²) in [6.45, 7) is 38.1. The SMILES string of the molecule is CC(C)=CC[PH](C(C)(C)C)(C(C)(C)C)[Ni]([Cl])([Cl])[PH](CC=C(C)C)(C(C)(C)C)C(C)(C)C. The van der Waals surface area contributed by atoms with Crippen molar-refractivity contribution >= 4 is 32.5 Å². The van der Waals surface area contributed by atoms with E-state index in [-0.39, 0.29) is 20.6 Å². The standard InChI is InChI=1S/2C13H27P.2ClH.Ni/c2*1-11(2)9-10-14(12(3,4)5)13(6,7)8;;;/h2*9H,10H2,1-8H3;2*1H;. The Hall–Kier alpha value is 1.41. The molecule has 0 aromatic heterocycles. The average molecular weight is 560 g/mol. The van der Waals surface area contributed by atoms with Crippen molar-refractivity contribution in [2.75, 3.05) is 12.3 Å². The van der Waals surface area contributed by atoms with Gasteiger partial charge in [0.1, 0.15) is 0 Å². The van der Waals surface area contributed by atoms with Crippen molar-refractivity contribution in [2.24, 2.45) is 0 Å². The van der Waals surface area contributed by atoms with Crippen LogP contribution in [0.2, 0.25) is 0 Å².